The van der Waals surface area contributed by atoms with E-state index < -0.39 is 12.0 Å². The molecule has 0 unspecified atom stereocenters. The molecule has 7 heteroatoms. The van der Waals surface area contributed by atoms with Gasteiger partial charge >= 0.3 is 6.18 Å². The lowest BCUT2D eigenvalue weighted by molar-refractivity contribution is -0.145. The molecule has 1 aromatic heterocycles. The summed E-state index contributed by atoms with van der Waals surface area (Å²) in [6.45, 7) is 0. The molecule has 2 rings (SSSR count). The molecule has 1 heterocycles. The SMILES string of the molecule is Nc1cc(OC2CCCCC2)nc(C(F)(F)F)n1. The van der Waals surface area contributed by atoms with E-state index in [1.165, 1.54) is 6.07 Å². The van der Waals surface area contributed by atoms with Gasteiger partial charge in [-0.05, 0) is 25.7 Å². The molecule has 1 aliphatic rings. The van der Waals surface area contributed by atoms with Gasteiger partial charge < -0.3 is 10.5 Å². The van der Waals surface area contributed by atoms with E-state index in [-0.39, 0.29) is 17.8 Å². The van der Waals surface area contributed by atoms with Gasteiger partial charge in [0.05, 0.1) is 0 Å². The topological polar surface area (TPSA) is 61.0 Å². The minimum absolute atomic E-state index is 0.0749. The van der Waals surface area contributed by atoms with Crippen molar-refractivity contribution in [1.82, 2.24) is 9.97 Å². The Balaban J connectivity index is 2.14. The molecule has 1 aromatic rings. The fourth-order valence-corrected chi connectivity index (χ4v) is 1.98. The molecule has 0 radical (unpaired) electrons. The maximum atomic E-state index is 12.5. The molecule has 1 fully saturated rings. The molecule has 0 aromatic carbocycles. The third kappa shape index (κ3) is 3.24. The predicted molar refractivity (Wildman–Crippen MR) is 58.9 cm³/mol. The van der Waals surface area contributed by atoms with Gasteiger partial charge in [-0.15, -0.1) is 0 Å². The molecule has 0 amide bonds. The lowest BCUT2D eigenvalue weighted by Crippen LogP contribution is -2.21. The van der Waals surface area contributed by atoms with E-state index in [9.17, 15) is 13.2 Å². The summed E-state index contributed by atoms with van der Waals surface area (Å²) in [4.78, 5) is 6.52. The Morgan fingerprint density at radius 3 is 2.44 bits per heavy atom. The molecule has 100 valence electrons. The molecule has 0 aliphatic heterocycles. The fraction of sp³-hybridized carbons (Fsp3) is 0.636. The van der Waals surface area contributed by atoms with Crippen LogP contribution in [-0.2, 0) is 6.18 Å². The first-order chi connectivity index (χ1) is 8.45. The summed E-state index contributed by atoms with van der Waals surface area (Å²) < 4.78 is 42.9. The molecule has 18 heavy (non-hydrogen) atoms. The highest BCUT2D eigenvalue weighted by atomic mass is 19.4. The van der Waals surface area contributed by atoms with Crippen molar-refractivity contribution in [1.29, 1.82) is 0 Å². The number of halogens is 3. The van der Waals surface area contributed by atoms with E-state index in [1.54, 1.807) is 0 Å². The number of aromatic nitrogens is 2. The Morgan fingerprint density at radius 2 is 1.83 bits per heavy atom. The van der Waals surface area contributed by atoms with E-state index in [2.05, 4.69) is 9.97 Å². The third-order valence-corrected chi connectivity index (χ3v) is 2.82. The van der Waals surface area contributed by atoms with Crippen molar-refractivity contribution in [3.63, 3.8) is 0 Å². The van der Waals surface area contributed by atoms with E-state index in [4.69, 9.17) is 10.5 Å². The maximum absolute atomic E-state index is 12.5. The van der Waals surface area contributed by atoms with Crippen LogP contribution in [0, 0.1) is 0 Å². The summed E-state index contributed by atoms with van der Waals surface area (Å²) in [6.07, 6.45) is 0.180. The highest BCUT2D eigenvalue weighted by Crippen LogP contribution is 2.29. The van der Waals surface area contributed by atoms with Crippen LogP contribution in [0.2, 0.25) is 0 Å². The average molecular weight is 261 g/mol. The van der Waals surface area contributed by atoms with Crippen LogP contribution in [0.1, 0.15) is 37.9 Å². The summed E-state index contributed by atoms with van der Waals surface area (Å²) in [6, 6.07) is 1.23. The zero-order valence-corrected chi connectivity index (χ0v) is 9.70. The lowest BCUT2D eigenvalue weighted by atomic mass is 9.98. The van der Waals surface area contributed by atoms with Crippen molar-refractivity contribution in [3.8, 4) is 5.88 Å². The standard InChI is InChI=1S/C11H14F3N3O/c12-11(13,14)10-16-8(15)6-9(17-10)18-7-4-2-1-3-5-7/h6-7H,1-5H2,(H2,15,16,17). The Kier molecular flexibility index (Phi) is 3.58. The van der Waals surface area contributed by atoms with Crippen LogP contribution in [0.3, 0.4) is 0 Å². The van der Waals surface area contributed by atoms with Crippen LogP contribution in [-0.4, -0.2) is 16.1 Å². The molecule has 1 saturated carbocycles. The Labute approximate surface area is 102 Å². The van der Waals surface area contributed by atoms with Crippen LogP contribution < -0.4 is 10.5 Å². The summed E-state index contributed by atoms with van der Waals surface area (Å²) in [7, 11) is 0. The molecule has 2 N–H and O–H groups in total. The minimum Gasteiger partial charge on any atom is -0.474 e. The first kappa shape index (κ1) is 12.9. The second-order valence-corrected chi connectivity index (χ2v) is 4.33. The van der Waals surface area contributed by atoms with Crippen molar-refractivity contribution in [3.05, 3.63) is 11.9 Å². The maximum Gasteiger partial charge on any atom is 0.451 e. The normalized spacial score (nSPS) is 17.7. The van der Waals surface area contributed by atoms with Crippen molar-refractivity contribution in [2.45, 2.75) is 44.4 Å². The number of nitrogen functional groups attached to an aromatic ring is 1. The number of rotatable bonds is 2. The van der Waals surface area contributed by atoms with Gasteiger partial charge in [0.1, 0.15) is 11.9 Å². The second kappa shape index (κ2) is 4.99. The van der Waals surface area contributed by atoms with Gasteiger partial charge in [0.2, 0.25) is 11.7 Å². The lowest BCUT2D eigenvalue weighted by Gasteiger charge is -2.22. The fourth-order valence-electron chi connectivity index (χ4n) is 1.98. The molecule has 1 aliphatic carbocycles. The largest absolute Gasteiger partial charge is 0.474 e. The van der Waals surface area contributed by atoms with E-state index in [0.717, 1.165) is 32.1 Å². The first-order valence-electron chi connectivity index (χ1n) is 5.83. The zero-order chi connectivity index (χ0) is 13.2. The van der Waals surface area contributed by atoms with Gasteiger partial charge in [0, 0.05) is 6.07 Å². The molecular formula is C11H14F3N3O. The number of anilines is 1. The van der Waals surface area contributed by atoms with Crippen molar-refractivity contribution < 1.29 is 17.9 Å². The average Bonchev–Trinajstić information content (AvgIpc) is 2.28. The number of hydrogen-bond donors (Lipinski definition) is 1. The first-order valence-corrected chi connectivity index (χ1v) is 5.83. The number of hydrogen-bond acceptors (Lipinski definition) is 4. The number of nitrogens with zero attached hydrogens (tertiary/aromatic N) is 2. The number of alkyl halides is 3. The molecule has 0 saturated heterocycles. The van der Waals surface area contributed by atoms with Gasteiger partial charge in [0.15, 0.2) is 0 Å². The van der Waals surface area contributed by atoms with Crippen LogP contribution >= 0.6 is 0 Å². The van der Waals surface area contributed by atoms with Crippen LogP contribution in [0.25, 0.3) is 0 Å². The Hall–Kier alpha value is -1.53. The van der Waals surface area contributed by atoms with Gasteiger partial charge in [-0.1, -0.05) is 6.42 Å². The zero-order valence-electron chi connectivity index (χ0n) is 9.70. The quantitative estimate of drug-likeness (QED) is 0.889. The molecular weight excluding hydrogens is 247 g/mol. The van der Waals surface area contributed by atoms with E-state index >= 15 is 0 Å². The van der Waals surface area contributed by atoms with E-state index in [1.807, 2.05) is 0 Å². The third-order valence-electron chi connectivity index (χ3n) is 2.82. The molecule has 0 spiro atoms. The van der Waals surface area contributed by atoms with Gasteiger partial charge in [-0.2, -0.15) is 18.2 Å². The Bertz CT molecular complexity index is 416. The highest BCUT2D eigenvalue weighted by molar-refractivity contribution is 5.33. The van der Waals surface area contributed by atoms with Crippen LogP contribution in [0.4, 0.5) is 19.0 Å². The summed E-state index contributed by atoms with van der Waals surface area (Å²) in [5.41, 5.74) is 5.33. The second-order valence-electron chi connectivity index (χ2n) is 4.33. The monoisotopic (exact) mass is 261 g/mol. The molecule has 0 bridgehead atoms. The summed E-state index contributed by atoms with van der Waals surface area (Å²) in [5.74, 6) is -1.59. The van der Waals surface area contributed by atoms with Crippen molar-refractivity contribution >= 4 is 5.82 Å². The van der Waals surface area contributed by atoms with E-state index in [0.29, 0.717) is 0 Å². The number of nitrogens with two attached hydrogens (primary N) is 1. The van der Waals surface area contributed by atoms with Crippen molar-refractivity contribution in [2.24, 2.45) is 0 Å². The van der Waals surface area contributed by atoms with Gasteiger partial charge in [-0.3, -0.25) is 0 Å². The highest BCUT2D eigenvalue weighted by Gasteiger charge is 2.35. The van der Waals surface area contributed by atoms with Crippen LogP contribution in [0.15, 0.2) is 6.07 Å². The summed E-state index contributed by atoms with van der Waals surface area (Å²) >= 11 is 0. The van der Waals surface area contributed by atoms with Gasteiger partial charge in [-0.25, -0.2) is 4.98 Å². The smallest absolute Gasteiger partial charge is 0.451 e. The van der Waals surface area contributed by atoms with Crippen LogP contribution in [0.5, 0.6) is 5.88 Å². The molecule has 4 nitrogen and oxygen atoms in total. The summed E-state index contributed by atoms with van der Waals surface area (Å²) in [5, 5.41) is 0. The minimum atomic E-state index is -4.61. The van der Waals surface area contributed by atoms with Crippen molar-refractivity contribution in [2.75, 3.05) is 5.73 Å². The van der Waals surface area contributed by atoms with Gasteiger partial charge in [0.25, 0.3) is 0 Å². The molecule has 0 atom stereocenters. The number of ether oxygens (including phenoxy) is 1. The Morgan fingerprint density at radius 1 is 1.17 bits per heavy atom. The predicted octanol–water partition coefficient (Wildman–Crippen LogP) is 2.79.